The largest absolute Gasteiger partial charge is 0.346 e. The number of aromatic nitrogens is 4. The minimum atomic E-state index is -0.165. The summed E-state index contributed by atoms with van der Waals surface area (Å²) < 4.78 is 2.16. The van der Waals surface area contributed by atoms with Crippen molar-refractivity contribution in [3.63, 3.8) is 0 Å². The highest BCUT2D eigenvalue weighted by atomic mass is 16.1. The summed E-state index contributed by atoms with van der Waals surface area (Å²) in [7, 11) is 0. The zero-order valence-electron chi connectivity index (χ0n) is 14.1. The van der Waals surface area contributed by atoms with E-state index < -0.39 is 0 Å². The molecule has 0 spiro atoms. The number of hydrogen-bond donors (Lipinski definition) is 1. The maximum absolute atomic E-state index is 12.3. The summed E-state index contributed by atoms with van der Waals surface area (Å²) in [6.07, 6.45) is 7.01. The second kappa shape index (κ2) is 5.76. The van der Waals surface area contributed by atoms with Crippen LogP contribution in [0.1, 0.15) is 54.9 Å². The molecular weight excluding hydrogens is 290 g/mol. The van der Waals surface area contributed by atoms with Crippen LogP contribution in [0, 0.1) is 6.92 Å². The Kier molecular flexibility index (Phi) is 3.92. The van der Waals surface area contributed by atoms with Gasteiger partial charge in [-0.2, -0.15) is 0 Å². The molecule has 0 fully saturated rings. The SMILES string of the molecule is Cc1cnc(C(=O)N[C@H]2CCc3nc(C(C)(C)C)cn3C2)cn1. The molecule has 1 aliphatic heterocycles. The van der Waals surface area contributed by atoms with Crippen LogP contribution in [0.4, 0.5) is 0 Å². The fraction of sp³-hybridized carbons (Fsp3) is 0.529. The highest BCUT2D eigenvalue weighted by molar-refractivity contribution is 5.92. The van der Waals surface area contributed by atoms with Crippen molar-refractivity contribution in [3.8, 4) is 0 Å². The average molecular weight is 313 g/mol. The number of carbonyl (C=O) groups is 1. The molecule has 6 nitrogen and oxygen atoms in total. The molecule has 3 heterocycles. The molecule has 1 amide bonds. The van der Waals surface area contributed by atoms with Gasteiger partial charge >= 0.3 is 0 Å². The lowest BCUT2D eigenvalue weighted by atomic mass is 9.93. The van der Waals surface area contributed by atoms with E-state index in [0.29, 0.717) is 5.69 Å². The van der Waals surface area contributed by atoms with Crippen LogP contribution in [0.5, 0.6) is 0 Å². The molecule has 122 valence electrons. The van der Waals surface area contributed by atoms with Crippen LogP contribution >= 0.6 is 0 Å². The Hall–Kier alpha value is -2.24. The predicted octanol–water partition coefficient (Wildman–Crippen LogP) is 2.02. The van der Waals surface area contributed by atoms with E-state index in [-0.39, 0.29) is 17.4 Å². The van der Waals surface area contributed by atoms with Gasteiger partial charge in [-0.1, -0.05) is 20.8 Å². The Balaban J connectivity index is 1.69. The first-order chi connectivity index (χ1) is 10.8. The molecule has 23 heavy (non-hydrogen) atoms. The van der Waals surface area contributed by atoms with Crippen LogP contribution < -0.4 is 5.32 Å². The third-order valence-corrected chi connectivity index (χ3v) is 4.11. The Bertz CT molecular complexity index is 712. The van der Waals surface area contributed by atoms with E-state index in [4.69, 9.17) is 4.98 Å². The van der Waals surface area contributed by atoms with Gasteiger partial charge in [-0.15, -0.1) is 0 Å². The molecular formula is C17H23N5O. The van der Waals surface area contributed by atoms with Crippen molar-refractivity contribution in [2.45, 2.75) is 58.5 Å². The fourth-order valence-corrected chi connectivity index (χ4v) is 2.69. The van der Waals surface area contributed by atoms with Gasteiger partial charge in [0, 0.05) is 36.8 Å². The second-order valence-corrected chi connectivity index (χ2v) is 7.20. The minimum absolute atomic E-state index is 0.0422. The smallest absolute Gasteiger partial charge is 0.271 e. The van der Waals surface area contributed by atoms with Crippen LogP contribution in [0.25, 0.3) is 0 Å². The summed E-state index contributed by atoms with van der Waals surface area (Å²) in [6.45, 7) is 9.09. The van der Waals surface area contributed by atoms with Gasteiger partial charge in [0.15, 0.2) is 0 Å². The molecule has 0 unspecified atom stereocenters. The summed E-state index contributed by atoms with van der Waals surface area (Å²) in [4.78, 5) is 25.2. The Morgan fingerprint density at radius 1 is 1.30 bits per heavy atom. The number of fused-ring (bicyclic) bond motifs is 1. The summed E-state index contributed by atoms with van der Waals surface area (Å²) in [5.74, 6) is 0.942. The first-order valence-electron chi connectivity index (χ1n) is 7.99. The second-order valence-electron chi connectivity index (χ2n) is 7.20. The van der Waals surface area contributed by atoms with Crippen molar-refractivity contribution in [3.05, 3.63) is 41.5 Å². The summed E-state index contributed by atoms with van der Waals surface area (Å²) >= 11 is 0. The first-order valence-corrected chi connectivity index (χ1v) is 7.99. The van der Waals surface area contributed by atoms with E-state index in [0.717, 1.165) is 36.6 Å². The highest BCUT2D eigenvalue weighted by Gasteiger charge is 2.25. The average Bonchev–Trinajstić information content (AvgIpc) is 2.91. The van der Waals surface area contributed by atoms with E-state index in [1.165, 1.54) is 6.20 Å². The van der Waals surface area contributed by atoms with Crippen LogP contribution in [0.3, 0.4) is 0 Å². The molecule has 6 heteroatoms. The lowest BCUT2D eigenvalue weighted by Crippen LogP contribution is -2.41. The zero-order valence-corrected chi connectivity index (χ0v) is 14.1. The molecule has 1 N–H and O–H groups in total. The molecule has 2 aromatic rings. The molecule has 0 radical (unpaired) electrons. The van der Waals surface area contributed by atoms with Crippen molar-refractivity contribution in [1.29, 1.82) is 0 Å². The van der Waals surface area contributed by atoms with Crippen LogP contribution in [0.15, 0.2) is 18.6 Å². The third-order valence-electron chi connectivity index (χ3n) is 4.11. The number of imidazole rings is 1. The Labute approximate surface area is 136 Å². The highest BCUT2D eigenvalue weighted by Crippen LogP contribution is 2.24. The molecule has 1 aliphatic rings. The van der Waals surface area contributed by atoms with Gasteiger partial charge in [-0.25, -0.2) is 9.97 Å². The van der Waals surface area contributed by atoms with Crippen molar-refractivity contribution in [2.24, 2.45) is 0 Å². The molecule has 0 bridgehead atoms. The van der Waals surface area contributed by atoms with Crippen molar-refractivity contribution in [1.82, 2.24) is 24.8 Å². The molecule has 1 atom stereocenters. The number of carbonyl (C=O) groups excluding carboxylic acids is 1. The van der Waals surface area contributed by atoms with E-state index in [2.05, 4.69) is 46.8 Å². The van der Waals surface area contributed by atoms with Crippen molar-refractivity contribution >= 4 is 5.91 Å². The first kappa shape index (κ1) is 15.6. The van der Waals surface area contributed by atoms with E-state index in [1.807, 2.05) is 6.92 Å². The minimum Gasteiger partial charge on any atom is -0.346 e. The molecule has 0 aromatic carbocycles. The predicted molar refractivity (Wildman–Crippen MR) is 87.3 cm³/mol. The van der Waals surface area contributed by atoms with Crippen molar-refractivity contribution < 1.29 is 4.79 Å². The van der Waals surface area contributed by atoms with E-state index >= 15 is 0 Å². The van der Waals surface area contributed by atoms with Gasteiger partial charge in [0.2, 0.25) is 0 Å². The monoisotopic (exact) mass is 313 g/mol. The number of nitrogens with zero attached hydrogens (tertiary/aromatic N) is 4. The summed E-state index contributed by atoms with van der Waals surface area (Å²) in [5, 5.41) is 3.05. The van der Waals surface area contributed by atoms with E-state index in [9.17, 15) is 4.79 Å². The van der Waals surface area contributed by atoms with Gasteiger partial charge < -0.3 is 9.88 Å². The lowest BCUT2D eigenvalue weighted by molar-refractivity contribution is 0.0922. The number of amides is 1. The molecule has 0 saturated carbocycles. The van der Waals surface area contributed by atoms with Gasteiger partial charge in [0.1, 0.15) is 11.5 Å². The quantitative estimate of drug-likeness (QED) is 0.920. The maximum atomic E-state index is 12.3. The van der Waals surface area contributed by atoms with Crippen LogP contribution in [0.2, 0.25) is 0 Å². The number of aryl methyl sites for hydroxylation is 2. The van der Waals surface area contributed by atoms with Crippen LogP contribution in [-0.4, -0.2) is 31.5 Å². The molecule has 2 aromatic heterocycles. The summed E-state index contributed by atoms with van der Waals surface area (Å²) in [6, 6.07) is 0.0973. The normalized spacial score (nSPS) is 17.7. The topological polar surface area (TPSA) is 72.7 Å². The summed E-state index contributed by atoms with van der Waals surface area (Å²) in [5.41, 5.74) is 2.31. The van der Waals surface area contributed by atoms with Gasteiger partial charge in [-0.3, -0.25) is 9.78 Å². The van der Waals surface area contributed by atoms with Gasteiger partial charge in [0.05, 0.1) is 17.6 Å². The molecule has 0 saturated heterocycles. The fourth-order valence-electron chi connectivity index (χ4n) is 2.69. The number of nitrogens with one attached hydrogen (secondary N) is 1. The van der Waals surface area contributed by atoms with Crippen molar-refractivity contribution in [2.75, 3.05) is 0 Å². The third kappa shape index (κ3) is 3.41. The Morgan fingerprint density at radius 2 is 2.09 bits per heavy atom. The van der Waals surface area contributed by atoms with E-state index in [1.54, 1.807) is 6.20 Å². The van der Waals surface area contributed by atoms with Gasteiger partial charge in [0.25, 0.3) is 5.91 Å². The zero-order chi connectivity index (χ0) is 16.6. The van der Waals surface area contributed by atoms with Gasteiger partial charge in [-0.05, 0) is 13.3 Å². The molecule has 3 rings (SSSR count). The van der Waals surface area contributed by atoms with Crippen LogP contribution in [-0.2, 0) is 18.4 Å². The standard InChI is InChI=1S/C17H23N5O/c1-11-7-19-13(8-18-11)16(23)20-12-5-6-15-21-14(17(2,3)4)10-22(15)9-12/h7-8,10,12H,5-6,9H2,1-4H3,(H,20,23)/t12-/m0/s1. The number of rotatable bonds is 2. The lowest BCUT2D eigenvalue weighted by Gasteiger charge is -2.24. The molecule has 0 aliphatic carbocycles. The Morgan fingerprint density at radius 3 is 2.74 bits per heavy atom. The maximum Gasteiger partial charge on any atom is 0.271 e. The number of hydrogen-bond acceptors (Lipinski definition) is 4.